The van der Waals surface area contributed by atoms with E-state index in [0.717, 1.165) is 22.2 Å². The first-order valence-electron chi connectivity index (χ1n) is 8.25. The lowest BCUT2D eigenvalue weighted by molar-refractivity contribution is -0.119. The molecule has 0 bridgehead atoms. The van der Waals surface area contributed by atoms with Crippen molar-refractivity contribution >= 4 is 28.6 Å². The van der Waals surface area contributed by atoms with Gasteiger partial charge >= 0.3 is 0 Å². The Bertz CT molecular complexity index is 845. The Morgan fingerprint density at radius 2 is 2.00 bits per heavy atom. The van der Waals surface area contributed by atoms with Crippen LogP contribution < -0.4 is 5.32 Å². The first-order chi connectivity index (χ1) is 12.1. The number of carbonyl (C=O) groups is 1. The minimum Gasteiger partial charge on any atom is -0.387 e. The van der Waals surface area contributed by atoms with Crippen molar-refractivity contribution in [3.05, 3.63) is 71.9 Å². The zero-order valence-electron chi connectivity index (χ0n) is 14.2. The Morgan fingerprint density at radius 1 is 1.20 bits per heavy atom. The Morgan fingerprint density at radius 3 is 2.80 bits per heavy atom. The van der Waals surface area contributed by atoms with Crippen LogP contribution in [-0.2, 0) is 17.6 Å². The van der Waals surface area contributed by atoms with Gasteiger partial charge in [0.1, 0.15) is 0 Å². The smallest absolute Gasteiger partial charge is 0.230 e. The number of aryl methyl sites for hydroxylation is 1. The van der Waals surface area contributed by atoms with E-state index < -0.39 is 6.10 Å². The molecular weight excluding hydrogens is 332 g/mol. The van der Waals surface area contributed by atoms with Gasteiger partial charge < -0.3 is 15.0 Å². The van der Waals surface area contributed by atoms with Gasteiger partial charge in [0.05, 0.1) is 11.9 Å². The molecule has 0 spiro atoms. The average molecular weight is 354 g/mol. The second-order valence-electron chi connectivity index (χ2n) is 6.04. The van der Waals surface area contributed by atoms with Crippen molar-refractivity contribution in [2.45, 2.75) is 11.9 Å². The van der Waals surface area contributed by atoms with E-state index in [1.165, 1.54) is 5.56 Å². The summed E-state index contributed by atoms with van der Waals surface area (Å²) >= 11 is 1.57. The van der Waals surface area contributed by atoms with Crippen molar-refractivity contribution in [3.8, 4) is 0 Å². The molecule has 2 N–H and O–H groups in total. The van der Waals surface area contributed by atoms with Crippen LogP contribution in [0.25, 0.3) is 10.9 Å². The summed E-state index contributed by atoms with van der Waals surface area (Å²) in [5.41, 5.74) is 3.14. The summed E-state index contributed by atoms with van der Waals surface area (Å²) in [4.78, 5) is 11.9. The van der Waals surface area contributed by atoms with E-state index in [9.17, 15) is 9.90 Å². The summed E-state index contributed by atoms with van der Waals surface area (Å²) in [5.74, 6) is 1.14. The molecule has 3 rings (SSSR count). The van der Waals surface area contributed by atoms with Gasteiger partial charge in [0, 0.05) is 31.1 Å². The largest absolute Gasteiger partial charge is 0.387 e. The fraction of sp³-hybridized carbons (Fsp3) is 0.250. The summed E-state index contributed by atoms with van der Waals surface area (Å²) < 4.78 is 2.04. The molecule has 1 amide bonds. The van der Waals surface area contributed by atoms with Crippen LogP contribution in [0.5, 0.6) is 0 Å². The van der Waals surface area contributed by atoms with Gasteiger partial charge in [0.2, 0.25) is 5.91 Å². The van der Waals surface area contributed by atoms with Crippen molar-refractivity contribution in [2.24, 2.45) is 7.05 Å². The monoisotopic (exact) mass is 354 g/mol. The highest BCUT2D eigenvalue weighted by molar-refractivity contribution is 7.99. The van der Waals surface area contributed by atoms with Crippen LogP contribution in [0, 0.1) is 0 Å². The van der Waals surface area contributed by atoms with Gasteiger partial charge in [-0.2, -0.15) is 0 Å². The number of benzene rings is 2. The summed E-state index contributed by atoms with van der Waals surface area (Å²) in [6.45, 7) is 0.225. The predicted molar refractivity (Wildman–Crippen MR) is 103 cm³/mol. The van der Waals surface area contributed by atoms with Gasteiger partial charge in [-0.25, -0.2) is 0 Å². The highest BCUT2D eigenvalue weighted by Crippen LogP contribution is 2.21. The van der Waals surface area contributed by atoms with E-state index in [-0.39, 0.29) is 12.5 Å². The van der Waals surface area contributed by atoms with E-state index in [0.29, 0.717) is 5.75 Å². The number of fused-ring (bicyclic) bond motifs is 1. The first-order valence-corrected chi connectivity index (χ1v) is 9.40. The maximum atomic E-state index is 11.9. The normalized spacial score (nSPS) is 12.2. The number of nitrogens with one attached hydrogen (secondary N) is 1. The third kappa shape index (κ3) is 4.65. The third-order valence-corrected chi connectivity index (χ3v) is 5.14. The van der Waals surface area contributed by atoms with Crippen molar-refractivity contribution in [1.82, 2.24) is 9.88 Å². The van der Waals surface area contributed by atoms with Crippen LogP contribution in [0.4, 0.5) is 0 Å². The number of amides is 1. The van der Waals surface area contributed by atoms with Gasteiger partial charge in [-0.1, -0.05) is 36.4 Å². The van der Waals surface area contributed by atoms with E-state index in [1.807, 2.05) is 72.4 Å². The van der Waals surface area contributed by atoms with Crippen molar-refractivity contribution in [3.63, 3.8) is 0 Å². The van der Waals surface area contributed by atoms with Crippen LogP contribution in [0.3, 0.4) is 0 Å². The van der Waals surface area contributed by atoms with Gasteiger partial charge in [-0.3, -0.25) is 4.79 Å². The van der Waals surface area contributed by atoms with Crippen molar-refractivity contribution in [2.75, 3.05) is 12.3 Å². The van der Waals surface area contributed by atoms with Gasteiger partial charge in [0.15, 0.2) is 0 Å². The highest BCUT2D eigenvalue weighted by Gasteiger charge is 2.11. The number of hydrogen-bond acceptors (Lipinski definition) is 3. The van der Waals surface area contributed by atoms with E-state index >= 15 is 0 Å². The lowest BCUT2D eigenvalue weighted by Gasteiger charge is -2.13. The molecule has 0 radical (unpaired) electrons. The maximum Gasteiger partial charge on any atom is 0.230 e. The number of carbonyl (C=O) groups excluding carboxylic acids is 1. The van der Waals surface area contributed by atoms with Crippen molar-refractivity contribution in [1.29, 1.82) is 0 Å². The Balaban J connectivity index is 1.45. The fourth-order valence-electron chi connectivity index (χ4n) is 2.72. The number of nitrogens with zero attached hydrogens (tertiary/aromatic N) is 1. The molecule has 130 valence electrons. The number of hydrogen-bond donors (Lipinski definition) is 2. The summed E-state index contributed by atoms with van der Waals surface area (Å²) in [6, 6.07) is 18.0. The molecule has 0 aliphatic heterocycles. The molecule has 1 aromatic heterocycles. The minimum absolute atomic E-state index is 0.0548. The molecule has 3 aromatic rings. The van der Waals surface area contributed by atoms with E-state index in [1.54, 1.807) is 11.8 Å². The van der Waals surface area contributed by atoms with Gasteiger partial charge in [-0.15, -0.1) is 11.8 Å². The molecule has 4 nitrogen and oxygen atoms in total. The highest BCUT2D eigenvalue weighted by atomic mass is 32.2. The standard InChI is InChI=1S/C20H22N2O2S/c1-22-10-9-16-11-17(7-8-18(16)22)19(23)12-21-20(24)14-25-13-15-5-3-2-4-6-15/h2-11,19,23H,12-14H2,1H3,(H,21,24)/t19-/m1/s1. The molecule has 25 heavy (non-hydrogen) atoms. The lowest BCUT2D eigenvalue weighted by Crippen LogP contribution is -2.29. The molecule has 0 unspecified atom stereocenters. The Hall–Kier alpha value is -2.24. The number of aromatic nitrogens is 1. The minimum atomic E-state index is -0.701. The average Bonchev–Trinajstić information content (AvgIpc) is 3.01. The summed E-state index contributed by atoms with van der Waals surface area (Å²) in [6.07, 6.45) is 1.29. The second kappa shape index (κ2) is 8.23. The zero-order valence-corrected chi connectivity index (χ0v) is 15.0. The fourth-order valence-corrected chi connectivity index (χ4v) is 3.54. The van der Waals surface area contributed by atoms with Crippen LogP contribution in [0.1, 0.15) is 17.2 Å². The number of aliphatic hydroxyl groups excluding tert-OH is 1. The molecule has 0 fully saturated rings. The summed E-state index contributed by atoms with van der Waals surface area (Å²) in [7, 11) is 1.99. The molecule has 0 saturated heterocycles. The van der Waals surface area contributed by atoms with Gasteiger partial charge in [0.25, 0.3) is 0 Å². The molecule has 1 atom stereocenters. The number of thioether (sulfide) groups is 1. The topological polar surface area (TPSA) is 54.3 Å². The summed E-state index contributed by atoms with van der Waals surface area (Å²) in [5, 5.41) is 14.2. The van der Waals surface area contributed by atoms with Crippen LogP contribution in [0.2, 0.25) is 0 Å². The number of rotatable bonds is 7. The molecule has 0 saturated carbocycles. The number of aliphatic hydroxyl groups is 1. The van der Waals surface area contributed by atoms with Crippen LogP contribution >= 0.6 is 11.8 Å². The van der Waals surface area contributed by atoms with Crippen LogP contribution in [0.15, 0.2) is 60.8 Å². The Labute approximate surface area is 151 Å². The quantitative estimate of drug-likeness (QED) is 0.685. The SMILES string of the molecule is Cn1ccc2cc([C@H](O)CNC(=O)CSCc3ccccc3)ccc21. The molecule has 2 aromatic carbocycles. The second-order valence-corrected chi connectivity index (χ2v) is 7.03. The van der Waals surface area contributed by atoms with Gasteiger partial charge in [-0.05, 0) is 34.7 Å². The zero-order chi connectivity index (χ0) is 17.6. The lowest BCUT2D eigenvalue weighted by atomic mass is 10.1. The third-order valence-electron chi connectivity index (χ3n) is 4.13. The van der Waals surface area contributed by atoms with E-state index in [4.69, 9.17) is 0 Å². The maximum absolute atomic E-state index is 11.9. The molecule has 0 aliphatic carbocycles. The molecule has 1 heterocycles. The predicted octanol–water partition coefficient (Wildman–Crippen LogP) is 3.26. The molecular formula is C20H22N2O2S. The first kappa shape index (κ1) is 17.6. The van der Waals surface area contributed by atoms with E-state index in [2.05, 4.69) is 5.32 Å². The Kier molecular flexibility index (Phi) is 5.79. The van der Waals surface area contributed by atoms with Crippen LogP contribution in [-0.4, -0.2) is 27.9 Å². The molecule has 0 aliphatic rings. The van der Waals surface area contributed by atoms with Crippen molar-refractivity contribution < 1.29 is 9.90 Å². The molecule has 5 heteroatoms.